The molecule has 0 unspecified atom stereocenters. The van der Waals surface area contributed by atoms with E-state index in [1.807, 2.05) is 0 Å². The summed E-state index contributed by atoms with van der Waals surface area (Å²) in [4.78, 5) is 10.7. The zero-order valence-electron chi connectivity index (χ0n) is 6.05. The third kappa shape index (κ3) is 6.36. The van der Waals surface area contributed by atoms with E-state index >= 15 is 0 Å². The lowest BCUT2D eigenvalue weighted by atomic mass is 10.5. The quantitative estimate of drug-likeness (QED) is 0.303. The van der Waals surface area contributed by atoms with Crippen LogP contribution in [0.5, 0.6) is 0 Å². The van der Waals surface area contributed by atoms with Crippen molar-refractivity contribution in [2.45, 2.75) is 0 Å². The molecular weight excluding hydrogens is 142 g/mol. The third-order valence-electron chi connectivity index (χ3n) is 0.877. The summed E-state index contributed by atoms with van der Waals surface area (Å²) in [6.07, 6.45) is 4.92. The minimum absolute atomic E-state index is 0.0383. The van der Waals surface area contributed by atoms with E-state index in [0.717, 1.165) is 0 Å². The van der Waals surface area contributed by atoms with Crippen LogP contribution in [0.15, 0.2) is 0 Å². The van der Waals surface area contributed by atoms with E-state index in [1.54, 1.807) is 6.07 Å². The first-order valence-corrected chi connectivity index (χ1v) is 3.09. The SMILES string of the molecule is C#CCNCC(=O)NCC#N. The number of hydrogen-bond donors (Lipinski definition) is 2. The number of hydrogen-bond acceptors (Lipinski definition) is 3. The van der Waals surface area contributed by atoms with Gasteiger partial charge < -0.3 is 5.32 Å². The summed E-state index contributed by atoms with van der Waals surface area (Å²) in [5.41, 5.74) is 0. The number of nitriles is 1. The van der Waals surface area contributed by atoms with Gasteiger partial charge in [-0.05, 0) is 0 Å². The standard InChI is InChI=1S/C7H9N3O/c1-2-4-9-6-7(11)10-5-3-8/h1,9H,4-6H2,(H,10,11). The van der Waals surface area contributed by atoms with E-state index in [9.17, 15) is 4.79 Å². The minimum atomic E-state index is -0.221. The molecule has 11 heavy (non-hydrogen) atoms. The molecule has 0 aliphatic carbocycles. The highest BCUT2D eigenvalue weighted by molar-refractivity contribution is 5.78. The fourth-order valence-corrected chi connectivity index (χ4v) is 0.449. The maximum Gasteiger partial charge on any atom is 0.234 e. The molecule has 0 radical (unpaired) electrons. The number of rotatable bonds is 4. The fraction of sp³-hybridized carbons (Fsp3) is 0.429. The Morgan fingerprint density at radius 2 is 2.27 bits per heavy atom. The van der Waals surface area contributed by atoms with E-state index in [-0.39, 0.29) is 19.0 Å². The van der Waals surface area contributed by atoms with Crippen LogP contribution >= 0.6 is 0 Å². The molecule has 0 aromatic heterocycles. The van der Waals surface area contributed by atoms with E-state index in [1.165, 1.54) is 0 Å². The average Bonchev–Trinajstić information content (AvgIpc) is 2.01. The summed E-state index contributed by atoms with van der Waals surface area (Å²) in [5, 5.41) is 13.1. The van der Waals surface area contributed by atoms with Gasteiger partial charge in [-0.2, -0.15) is 5.26 Å². The molecule has 1 amide bonds. The predicted molar refractivity (Wildman–Crippen MR) is 40.3 cm³/mol. The van der Waals surface area contributed by atoms with Crippen molar-refractivity contribution in [3.05, 3.63) is 0 Å². The molecule has 0 aliphatic heterocycles. The van der Waals surface area contributed by atoms with Crippen molar-refractivity contribution < 1.29 is 4.79 Å². The Balaban J connectivity index is 3.26. The second-order valence-electron chi connectivity index (χ2n) is 1.74. The van der Waals surface area contributed by atoms with Gasteiger partial charge in [0, 0.05) is 0 Å². The first-order valence-electron chi connectivity index (χ1n) is 3.09. The Bertz CT molecular complexity index is 199. The molecule has 2 N–H and O–H groups in total. The largest absolute Gasteiger partial charge is 0.342 e. The van der Waals surface area contributed by atoms with Crippen LogP contribution in [0.3, 0.4) is 0 Å². The van der Waals surface area contributed by atoms with Crippen molar-refractivity contribution >= 4 is 5.91 Å². The first-order chi connectivity index (χ1) is 5.31. The van der Waals surface area contributed by atoms with Gasteiger partial charge in [-0.3, -0.25) is 10.1 Å². The molecular formula is C7H9N3O. The molecule has 0 rings (SSSR count). The highest BCUT2D eigenvalue weighted by Crippen LogP contribution is 1.62. The molecule has 0 fully saturated rings. The molecule has 0 spiro atoms. The van der Waals surface area contributed by atoms with Crippen molar-refractivity contribution in [3.8, 4) is 18.4 Å². The lowest BCUT2D eigenvalue weighted by Crippen LogP contribution is -2.34. The normalized spacial score (nSPS) is 7.82. The highest BCUT2D eigenvalue weighted by Gasteiger charge is 1.96. The van der Waals surface area contributed by atoms with E-state index in [0.29, 0.717) is 6.54 Å². The average molecular weight is 151 g/mol. The van der Waals surface area contributed by atoms with Gasteiger partial charge in [0.05, 0.1) is 19.2 Å². The topological polar surface area (TPSA) is 64.9 Å². The van der Waals surface area contributed by atoms with Gasteiger partial charge in [-0.1, -0.05) is 5.92 Å². The maximum atomic E-state index is 10.7. The smallest absolute Gasteiger partial charge is 0.234 e. The summed E-state index contributed by atoms with van der Waals surface area (Å²) >= 11 is 0. The summed E-state index contributed by atoms with van der Waals surface area (Å²) in [6, 6.07) is 1.79. The monoisotopic (exact) mass is 151 g/mol. The van der Waals surface area contributed by atoms with E-state index < -0.39 is 0 Å². The Hall–Kier alpha value is -1.52. The van der Waals surface area contributed by atoms with Crippen LogP contribution in [0.1, 0.15) is 0 Å². The fourth-order valence-electron chi connectivity index (χ4n) is 0.449. The molecule has 0 aromatic rings. The summed E-state index contributed by atoms with van der Waals surface area (Å²) in [6.45, 7) is 0.558. The minimum Gasteiger partial charge on any atom is -0.342 e. The molecule has 0 saturated carbocycles. The second kappa shape index (κ2) is 6.60. The van der Waals surface area contributed by atoms with Gasteiger partial charge in [-0.25, -0.2) is 0 Å². The van der Waals surface area contributed by atoms with Crippen LogP contribution in [0, 0.1) is 23.7 Å². The van der Waals surface area contributed by atoms with Crippen molar-refractivity contribution in [1.82, 2.24) is 10.6 Å². The summed E-state index contributed by atoms with van der Waals surface area (Å²) in [7, 11) is 0. The number of nitrogens with zero attached hydrogens (tertiary/aromatic N) is 1. The van der Waals surface area contributed by atoms with Crippen molar-refractivity contribution in [2.24, 2.45) is 0 Å². The van der Waals surface area contributed by atoms with Crippen LogP contribution in [-0.4, -0.2) is 25.5 Å². The second-order valence-corrected chi connectivity index (χ2v) is 1.74. The van der Waals surface area contributed by atoms with Crippen molar-refractivity contribution in [3.63, 3.8) is 0 Å². The number of carbonyl (C=O) groups excluding carboxylic acids is 1. The molecule has 0 heterocycles. The van der Waals surface area contributed by atoms with Crippen molar-refractivity contribution in [2.75, 3.05) is 19.6 Å². The van der Waals surface area contributed by atoms with Crippen LogP contribution in [0.25, 0.3) is 0 Å². The summed E-state index contributed by atoms with van der Waals surface area (Å²) < 4.78 is 0. The van der Waals surface area contributed by atoms with Crippen LogP contribution in [0.2, 0.25) is 0 Å². The Labute approximate surface area is 65.6 Å². The first kappa shape index (κ1) is 9.48. The van der Waals surface area contributed by atoms with Gasteiger partial charge in [-0.15, -0.1) is 6.42 Å². The Morgan fingerprint density at radius 1 is 1.55 bits per heavy atom. The zero-order chi connectivity index (χ0) is 8.53. The molecule has 0 atom stereocenters. The Morgan fingerprint density at radius 3 is 2.82 bits per heavy atom. The van der Waals surface area contributed by atoms with Gasteiger partial charge in [0.1, 0.15) is 6.54 Å². The number of nitrogens with one attached hydrogen (secondary N) is 2. The van der Waals surface area contributed by atoms with Crippen molar-refractivity contribution in [1.29, 1.82) is 5.26 Å². The lowest BCUT2D eigenvalue weighted by molar-refractivity contribution is -0.119. The number of terminal acetylenes is 1. The maximum absolute atomic E-state index is 10.7. The van der Waals surface area contributed by atoms with Crippen LogP contribution in [0.4, 0.5) is 0 Å². The van der Waals surface area contributed by atoms with Gasteiger partial charge in [0.15, 0.2) is 0 Å². The molecule has 0 aliphatic rings. The summed E-state index contributed by atoms with van der Waals surface area (Å²) in [5.74, 6) is 2.10. The molecule has 0 aromatic carbocycles. The lowest BCUT2D eigenvalue weighted by Gasteiger charge is -1.99. The van der Waals surface area contributed by atoms with Crippen LogP contribution in [-0.2, 0) is 4.79 Å². The van der Waals surface area contributed by atoms with Gasteiger partial charge >= 0.3 is 0 Å². The molecule has 4 nitrogen and oxygen atoms in total. The van der Waals surface area contributed by atoms with Crippen LogP contribution < -0.4 is 10.6 Å². The molecule has 4 heteroatoms. The molecule has 58 valence electrons. The molecule has 0 bridgehead atoms. The zero-order valence-corrected chi connectivity index (χ0v) is 6.05. The third-order valence-corrected chi connectivity index (χ3v) is 0.877. The van der Waals surface area contributed by atoms with E-state index in [4.69, 9.17) is 11.7 Å². The Kier molecular flexibility index (Phi) is 5.69. The highest BCUT2D eigenvalue weighted by atomic mass is 16.1. The van der Waals surface area contributed by atoms with Gasteiger partial charge in [0.2, 0.25) is 5.91 Å². The molecule has 0 saturated heterocycles. The number of amides is 1. The number of carbonyl (C=O) groups is 1. The van der Waals surface area contributed by atoms with E-state index in [2.05, 4.69) is 16.6 Å². The predicted octanol–water partition coefficient (Wildman–Crippen LogP) is -1.15. The van der Waals surface area contributed by atoms with Gasteiger partial charge in [0.25, 0.3) is 0 Å².